The molecule has 0 saturated carbocycles. The number of hydrogen-bond donors (Lipinski definition) is 2. The zero-order valence-electron chi connectivity index (χ0n) is 12.4. The number of aromatic nitrogens is 2. The predicted molar refractivity (Wildman–Crippen MR) is 79.7 cm³/mol. The third-order valence-corrected chi connectivity index (χ3v) is 3.73. The number of fused-ring (bicyclic) bond motifs is 1. The average Bonchev–Trinajstić information content (AvgIpc) is 2.99. The van der Waals surface area contributed by atoms with Crippen molar-refractivity contribution >= 4 is 17.7 Å². The van der Waals surface area contributed by atoms with Gasteiger partial charge < -0.3 is 15.3 Å². The van der Waals surface area contributed by atoms with E-state index in [0.717, 1.165) is 6.07 Å². The highest BCUT2D eigenvalue weighted by molar-refractivity contribution is 5.91. The fraction of sp³-hybridized carbons (Fsp3) is 0.200. The zero-order valence-corrected chi connectivity index (χ0v) is 12.4. The first-order valence-electron chi connectivity index (χ1n) is 7.03. The number of hydrogen-bond acceptors (Lipinski definition) is 4. The third kappa shape index (κ3) is 2.77. The lowest BCUT2D eigenvalue weighted by atomic mass is 10.2. The van der Waals surface area contributed by atoms with Crippen molar-refractivity contribution in [2.45, 2.75) is 13.1 Å². The van der Waals surface area contributed by atoms with E-state index in [4.69, 9.17) is 10.4 Å². The number of urea groups is 1. The second kappa shape index (κ2) is 6.00. The molecule has 0 fully saturated rings. The van der Waals surface area contributed by atoms with Crippen LogP contribution in [-0.2, 0) is 13.1 Å². The molecule has 8 nitrogen and oxygen atoms in total. The number of nitrogens with zero attached hydrogens (tertiary/aromatic N) is 4. The molecule has 3 rings (SSSR count). The second-order valence-electron chi connectivity index (χ2n) is 5.19. The van der Waals surface area contributed by atoms with Crippen LogP contribution in [0.25, 0.3) is 0 Å². The molecule has 2 N–H and O–H groups in total. The van der Waals surface area contributed by atoms with Crippen molar-refractivity contribution in [1.29, 1.82) is 5.26 Å². The third-order valence-electron chi connectivity index (χ3n) is 3.73. The minimum atomic E-state index is -1.10. The van der Waals surface area contributed by atoms with Crippen LogP contribution < -0.4 is 5.32 Å². The molecule has 1 aromatic heterocycles. The van der Waals surface area contributed by atoms with Crippen molar-refractivity contribution in [2.75, 3.05) is 11.9 Å². The molecule has 0 aliphatic carbocycles. The molecule has 0 spiro atoms. The van der Waals surface area contributed by atoms with E-state index >= 15 is 0 Å². The Balaban J connectivity index is 1.76. The number of carboxylic acids is 1. The number of halogens is 1. The number of nitriles is 1. The Kier molecular flexibility index (Phi) is 3.87. The summed E-state index contributed by atoms with van der Waals surface area (Å²) >= 11 is 0. The number of rotatable bonds is 2. The molecule has 24 heavy (non-hydrogen) atoms. The van der Waals surface area contributed by atoms with Gasteiger partial charge in [-0.2, -0.15) is 10.4 Å². The largest absolute Gasteiger partial charge is 0.478 e. The van der Waals surface area contributed by atoms with Crippen molar-refractivity contribution < 1.29 is 19.1 Å². The summed E-state index contributed by atoms with van der Waals surface area (Å²) < 4.78 is 14.9. The van der Waals surface area contributed by atoms with E-state index in [2.05, 4.69) is 10.4 Å². The van der Waals surface area contributed by atoms with Gasteiger partial charge in [-0.1, -0.05) is 0 Å². The fourth-order valence-corrected chi connectivity index (χ4v) is 2.49. The summed E-state index contributed by atoms with van der Waals surface area (Å²) in [5, 5.41) is 24.5. The number of nitrogens with one attached hydrogen (secondary N) is 1. The second-order valence-corrected chi connectivity index (χ2v) is 5.19. The number of anilines is 1. The normalized spacial score (nSPS) is 13.1. The van der Waals surface area contributed by atoms with Crippen molar-refractivity contribution in [3.8, 4) is 6.07 Å². The maximum Gasteiger partial charge on any atom is 0.339 e. The highest BCUT2D eigenvalue weighted by Crippen LogP contribution is 2.19. The molecule has 0 radical (unpaired) electrons. The van der Waals surface area contributed by atoms with E-state index in [9.17, 15) is 14.0 Å². The maximum atomic E-state index is 13.3. The van der Waals surface area contributed by atoms with Crippen LogP contribution in [0.1, 0.15) is 21.6 Å². The van der Waals surface area contributed by atoms with Crippen molar-refractivity contribution in [1.82, 2.24) is 14.7 Å². The van der Waals surface area contributed by atoms with Crippen molar-refractivity contribution in [3.63, 3.8) is 0 Å². The van der Waals surface area contributed by atoms with E-state index in [1.165, 1.54) is 23.2 Å². The molecule has 2 aromatic rings. The van der Waals surface area contributed by atoms with Crippen LogP contribution >= 0.6 is 0 Å². The Morgan fingerprint density at radius 3 is 2.88 bits per heavy atom. The first-order valence-corrected chi connectivity index (χ1v) is 7.03. The molecule has 9 heteroatoms. The lowest BCUT2D eigenvalue weighted by Gasteiger charge is -2.28. The highest BCUT2D eigenvalue weighted by atomic mass is 19.1. The van der Waals surface area contributed by atoms with Crippen LogP contribution in [0.2, 0.25) is 0 Å². The summed E-state index contributed by atoms with van der Waals surface area (Å²) in [5.41, 5.74) is 0.620. The SMILES string of the molecule is N#Cc1cc(NC(=O)N2CCn3ncc(C(=O)O)c3C2)ccc1F. The van der Waals surface area contributed by atoms with Gasteiger partial charge in [-0.25, -0.2) is 14.0 Å². The Hall–Kier alpha value is -3.41. The lowest BCUT2D eigenvalue weighted by Crippen LogP contribution is -2.41. The van der Waals surface area contributed by atoms with Gasteiger partial charge in [-0.3, -0.25) is 4.68 Å². The van der Waals surface area contributed by atoms with Gasteiger partial charge in [0, 0.05) is 12.2 Å². The van der Waals surface area contributed by atoms with Gasteiger partial charge in [0.2, 0.25) is 0 Å². The van der Waals surface area contributed by atoms with Crippen LogP contribution in [0.3, 0.4) is 0 Å². The standard InChI is InChI=1S/C15H12FN5O3/c16-12-2-1-10(5-9(12)6-17)19-15(24)20-3-4-21-13(8-20)11(7-18-21)14(22)23/h1-2,5,7H,3-4,8H2,(H,19,24)(H,22,23). The Labute approximate surface area is 135 Å². The van der Waals surface area contributed by atoms with Gasteiger partial charge in [0.25, 0.3) is 0 Å². The van der Waals surface area contributed by atoms with E-state index < -0.39 is 17.8 Å². The van der Waals surface area contributed by atoms with Gasteiger partial charge in [-0.05, 0) is 18.2 Å². The number of aromatic carboxylic acids is 1. The molecule has 0 saturated heterocycles. The van der Waals surface area contributed by atoms with Crippen LogP contribution in [0.15, 0.2) is 24.4 Å². The molecular formula is C15H12FN5O3. The molecule has 0 bridgehead atoms. The highest BCUT2D eigenvalue weighted by Gasteiger charge is 2.26. The molecule has 2 heterocycles. The number of benzene rings is 1. The number of carboxylic acid groups (broad SMARTS) is 1. The van der Waals surface area contributed by atoms with Gasteiger partial charge in [0.1, 0.15) is 17.4 Å². The lowest BCUT2D eigenvalue weighted by molar-refractivity contribution is 0.0693. The molecule has 0 unspecified atom stereocenters. The number of carbonyl (C=O) groups excluding carboxylic acids is 1. The van der Waals surface area contributed by atoms with E-state index in [1.807, 2.05) is 0 Å². The zero-order chi connectivity index (χ0) is 17.3. The Bertz CT molecular complexity index is 870. The van der Waals surface area contributed by atoms with E-state index in [-0.39, 0.29) is 23.4 Å². The van der Waals surface area contributed by atoms with Crippen LogP contribution in [0.5, 0.6) is 0 Å². The monoisotopic (exact) mass is 329 g/mol. The Morgan fingerprint density at radius 2 is 2.17 bits per heavy atom. The van der Waals surface area contributed by atoms with E-state index in [0.29, 0.717) is 18.8 Å². The van der Waals surface area contributed by atoms with Crippen molar-refractivity contribution in [3.05, 3.63) is 47.0 Å². The van der Waals surface area contributed by atoms with Gasteiger partial charge in [0.15, 0.2) is 0 Å². The van der Waals surface area contributed by atoms with E-state index in [1.54, 1.807) is 10.8 Å². The van der Waals surface area contributed by atoms with Crippen LogP contribution in [0.4, 0.5) is 14.9 Å². The maximum absolute atomic E-state index is 13.3. The summed E-state index contributed by atoms with van der Waals surface area (Å²) in [6, 6.07) is 4.93. The van der Waals surface area contributed by atoms with Gasteiger partial charge in [-0.15, -0.1) is 0 Å². The fourth-order valence-electron chi connectivity index (χ4n) is 2.49. The molecule has 1 aliphatic heterocycles. The summed E-state index contributed by atoms with van der Waals surface area (Å²) in [7, 11) is 0. The van der Waals surface area contributed by atoms with Gasteiger partial charge in [0.05, 0.1) is 30.5 Å². The summed E-state index contributed by atoms with van der Waals surface area (Å²) in [4.78, 5) is 24.9. The number of carbonyl (C=O) groups is 2. The van der Waals surface area contributed by atoms with Crippen LogP contribution in [0, 0.1) is 17.1 Å². The minimum Gasteiger partial charge on any atom is -0.478 e. The van der Waals surface area contributed by atoms with Crippen molar-refractivity contribution in [2.24, 2.45) is 0 Å². The number of amides is 2. The predicted octanol–water partition coefficient (Wildman–Crippen LogP) is 1.64. The molecular weight excluding hydrogens is 317 g/mol. The van der Waals surface area contributed by atoms with Gasteiger partial charge >= 0.3 is 12.0 Å². The molecule has 1 aliphatic rings. The first kappa shape index (κ1) is 15.5. The summed E-state index contributed by atoms with van der Waals surface area (Å²) in [6.07, 6.45) is 1.26. The first-order chi connectivity index (χ1) is 11.5. The molecule has 0 atom stereocenters. The quantitative estimate of drug-likeness (QED) is 0.870. The average molecular weight is 329 g/mol. The smallest absolute Gasteiger partial charge is 0.339 e. The summed E-state index contributed by atoms with van der Waals surface area (Å²) in [5.74, 6) is -1.76. The Morgan fingerprint density at radius 1 is 1.38 bits per heavy atom. The molecule has 122 valence electrons. The topological polar surface area (TPSA) is 111 Å². The molecule has 1 aromatic carbocycles. The summed E-state index contributed by atoms with van der Waals surface area (Å²) in [6.45, 7) is 0.828. The molecule has 2 amide bonds. The minimum absolute atomic E-state index is 0.0565. The van der Waals surface area contributed by atoms with Crippen LogP contribution in [-0.4, -0.2) is 38.3 Å².